The van der Waals surface area contributed by atoms with Gasteiger partial charge in [0.25, 0.3) is 0 Å². The lowest BCUT2D eigenvalue weighted by Gasteiger charge is -2.29. The van der Waals surface area contributed by atoms with Crippen LogP contribution in [-0.2, 0) is 12.8 Å². The standard InChI is InChI=1S/C32H31N5O5/c1-41-26-16-18(15-21-17-36-32(34)37-30(21)33)14-20(29(26)42-2)10-11-25(38)23-8-5-9-24(31(39)40)27(23)28-22-7-4-3-6-19(22)12-13-35-28/h3-11,14,16-17,28,35H,12-13,15H2,1-2H3,(H,39,40)(H4,33,34,36,37). The van der Waals surface area contributed by atoms with E-state index in [0.29, 0.717) is 46.7 Å². The van der Waals surface area contributed by atoms with Crippen LogP contribution in [0.25, 0.3) is 6.08 Å². The van der Waals surface area contributed by atoms with Gasteiger partial charge in [0.05, 0.1) is 25.8 Å². The molecule has 3 aromatic carbocycles. The molecule has 6 N–H and O–H groups in total. The molecular formula is C32H31N5O5. The summed E-state index contributed by atoms with van der Waals surface area (Å²) >= 11 is 0. The van der Waals surface area contributed by atoms with Gasteiger partial charge in [0.2, 0.25) is 5.95 Å². The Hall–Kier alpha value is -5.22. The lowest BCUT2D eigenvalue weighted by atomic mass is 9.84. The molecule has 214 valence electrons. The number of allylic oxidation sites excluding steroid dienone is 1. The van der Waals surface area contributed by atoms with Gasteiger partial charge in [-0.1, -0.05) is 36.4 Å². The number of aromatic nitrogens is 2. The third-order valence-electron chi connectivity index (χ3n) is 7.29. The molecule has 0 fully saturated rings. The van der Waals surface area contributed by atoms with Crippen molar-refractivity contribution in [3.05, 3.63) is 111 Å². The highest BCUT2D eigenvalue weighted by Gasteiger charge is 2.29. The van der Waals surface area contributed by atoms with Crippen molar-refractivity contribution in [3.8, 4) is 11.5 Å². The number of benzene rings is 3. The summed E-state index contributed by atoms with van der Waals surface area (Å²) in [6.45, 7) is 0.659. The molecule has 1 aliphatic rings. The first-order valence-electron chi connectivity index (χ1n) is 13.3. The number of anilines is 2. The number of carbonyl (C=O) groups excluding carboxylic acids is 1. The summed E-state index contributed by atoms with van der Waals surface area (Å²) in [6.07, 6.45) is 5.83. The van der Waals surface area contributed by atoms with Crippen LogP contribution in [0.1, 0.15) is 60.1 Å². The summed E-state index contributed by atoms with van der Waals surface area (Å²) in [5, 5.41) is 13.5. The summed E-state index contributed by atoms with van der Waals surface area (Å²) in [6, 6.07) is 15.9. The maximum absolute atomic E-state index is 13.8. The molecule has 0 bridgehead atoms. The summed E-state index contributed by atoms with van der Waals surface area (Å²) in [7, 11) is 3.04. The SMILES string of the molecule is COc1cc(Cc2cnc(N)nc2N)cc(C=CC(=O)c2cccc(C(=O)O)c2C2NCCc3ccccc32)c1OC. The zero-order valence-electron chi connectivity index (χ0n) is 23.3. The van der Waals surface area contributed by atoms with Gasteiger partial charge in [-0.15, -0.1) is 0 Å². The number of carbonyl (C=O) groups is 2. The van der Waals surface area contributed by atoms with E-state index in [1.165, 1.54) is 26.4 Å². The minimum atomic E-state index is -1.10. The van der Waals surface area contributed by atoms with Gasteiger partial charge < -0.3 is 31.4 Å². The van der Waals surface area contributed by atoms with E-state index >= 15 is 0 Å². The summed E-state index contributed by atoms with van der Waals surface area (Å²) < 4.78 is 11.2. The zero-order valence-corrected chi connectivity index (χ0v) is 23.3. The van der Waals surface area contributed by atoms with Gasteiger partial charge in [-0.3, -0.25) is 4.79 Å². The van der Waals surface area contributed by atoms with Gasteiger partial charge in [0.1, 0.15) is 5.82 Å². The highest BCUT2D eigenvalue weighted by atomic mass is 16.5. The van der Waals surface area contributed by atoms with Crippen LogP contribution in [0.15, 0.2) is 66.9 Å². The highest BCUT2D eigenvalue weighted by molar-refractivity contribution is 6.09. The quantitative estimate of drug-likeness (QED) is 0.172. The fourth-order valence-electron chi connectivity index (χ4n) is 5.36. The first-order valence-corrected chi connectivity index (χ1v) is 13.3. The maximum Gasteiger partial charge on any atom is 0.336 e. The molecule has 10 heteroatoms. The molecule has 1 atom stereocenters. The Morgan fingerprint density at radius 2 is 1.86 bits per heavy atom. The van der Waals surface area contributed by atoms with Crippen LogP contribution in [0, 0.1) is 0 Å². The van der Waals surface area contributed by atoms with Crippen LogP contribution >= 0.6 is 0 Å². The van der Waals surface area contributed by atoms with E-state index < -0.39 is 12.0 Å². The average Bonchev–Trinajstić information content (AvgIpc) is 3.00. The van der Waals surface area contributed by atoms with Gasteiger partial charge in [-0.25, -0.2) is 9.78 Å². The summed E-state index contributed by atoms with van der Waals surface area (Å²) in [4.78, 5) is 34.1. The zero-order chi connectivity index (χ0) is 29.8. The molecule has 0 saturated heterocycles. The molecule has 1 aliphatic heterocycles. The molecule has 2 heterocycles. The lowest BCUT2D eigenvalue weighted by molar-refractivity contribution is 0.0695. The Kier molecular flexibility index (Phi) is 8.16. The maximum atomic E-state index is 13.8. The molecular weight excluding hydrogens is 534 g/mol. The number of carboxylic acid groups (broad SMARTS) is 1. The number of nitrogens with zero attached hydrogens (tertiary/aromatic N) is 2. The van der Waals surface area contributed by atoms with Crippen molar-refractivity contribution < 1.29 is 24.2 Å². The number of fused-ring (bicyclic) bond motifs is 1. The van der Waals surface area contributed by atoms with Crippen molar-refractivity contribution in [1.82, 2.24) is 15.3 Å². The number of ether oxygens (including phenoxy) is 2. The minimum Gasteiger partial charge on any atom is -0.493 e. The van der Waals surface area contributed by atoms with Gasteiger partial charge in [-0.05, 0) is 59.0 Å². The predicted octanol–water partition coefficient (Wildman–Crippen LogP) is 4.08. The molecule has 1 aromatic heterocycles. The number of hydrogen-bond acceptors (Lipinski definition) is 9. The van der Waals surface area contributed by atoms with Gasteiger partial charge >= 0.3 is 5.97 Å². The number of nitrogens with two attached hydrogens (primary N) is 2. The predicted molar refractivity (Wildman–Crippen MR) is 160 cm³/mol. The Morgan fingerprint density at radius 3 is 2.60 bits per heavy atom. The van der Waals surface area contributed by atoms with Crippen LogP contribution in [0.3, 0.4) is 0 Å². The minimum absolute atomic E-state index is 0.0769. The first-order chi connectivity index (χ1) is 20.3. The van der Waals surface area contributed by atoms with E-state index in [0.717, 1.165) is 23.1 Å². The Bertz CT molecular complexity index is 1700. The Morgan fingerprint density at radius 1 is 1.07 bits per heavy atom. The Labute approximate surface area is 243 Å². The van der Waals surface area contributed by atoms with Crippen LogP contribution in [-0.4, -0.2) is 47.6 Å². The molecule has 10 nitrogen and oxygen atoms in total. The van der Waals surface area contributed by atoms with Crippen molar-refractivity contribution in [2.75, 3.05) is 32.2 Å². The number of carboxylic acids is 1. The fraction of sp³-hybridized carbons (Fsp3) is 0.188. The lowest BCUT2D eigenvalue weighted by Crippen LogP contribution is -2.32. The monoisotopic (exact) mass is 565 g/mol. The smallest absolute Gasteiger partial charge is 0.336 e. The second-order valence-corrected chi connectivity index (χ2v) is 9.84. The molecule has 42 heavy (non-hydrogen) atoms. The summed E-state index contributed by atoms with van der Waals surface area (Å²) in [5.41, 5.74) is 16.7. The first kappa shape index (κ1) is 28.3. The molecule has 4 aromatic rings. The number of nitrogens with one attached hydrogen (secondary N) is 1. The number of ketones is 1. The Balaban J connectivity index is 1.55. The third-order valence-corrected chi connectivity index (χ3v) is 7.29. The van der Waals surface area contributed by atoms with E-state index in [2.05, 4.69) is 15.3 Å². The van der Waals surface area contributed by atoms with Crippen LogP contribution in [0.4, 0.5) is 11.8 Å². The molecule has 5 rings (SSSR count). The van der Waals surface area contributed by atoms with Crippen LogP contribution in [0.2, 0.25) is 0 Å². The molecule has 0 amide bonds. The number of aromatic carboxylic acids is 1. The normalized spacial score (nSPS) is 14.4. The van der Waals surface area contributed by atoms with Gasteiger partial charge in [0, 0.05) is 35.9 Å². The van der Waals surface area contributed by atoms with Gasteiger partial charge in [0.15, 0.2) is 17.3 Å². The number of rotatable bonds is 9. The van der Waals surface area contributed by atoms with Crippen molar-refractivity contribution in [1.29, 1.82) is 0 Å². The number of hydrogen-bond donors (Lipinski definition) is 4. The van der Waals surface area contributed by atoms with Crippen molar-refractivity contribution >= 4 is 29.6 Å². The second-order valence-electron chi connectivity index (χ2n) is 9.84. The van der Waals surface area contributed by atoms with E-state index in [1.54, 1.807) is 24.4 Å². The molecule has 0 radical (unpaired) electrons. The van der Waals surface area contributed by atoms with E-state index in [9.17, 15) is 14.7 Å². The van der Waals surface area contributed by atoms with E-state index in [1.807, 2.05) is 36.4 Å². The fourth-order valence-corrected chi connectivity index (χ4v) is 5.36. The topological polar surface area (TPSA) is 163 Å². The average molecular weight is 566 g/mol. The second kappa shape index (κ2) is 12.1. The molecule has 1 unspecified atom stereocenters. The van der Waals surface area contributed by atoms with Crippen LogP contribution < -0.4 is 26.3 Å². The number of methoxy groups -OCH3 is 2. The van der Waals surface area contributed by atoms with Crippen molar-refractivity contribution in [3.63, 3.8) is 0 Å². The van der Waals surface area contributed by atoms with Crippen molar-refractivity contribution in [2.24, 2.45) is 0 Å². The number of nitrogen functional groups attached to an aromatic ring is 2. The highest BCUT2D eigenvalue weighted by Crippen LogP contribution is 2.36. The molecule has 0 saturated carbocycles. The third kappa shape index (κ3) is 5.65. The molecule has 0 spiro atoms. The molecule has 0 aliphatic carbocycles. The van der Waals surface area contributed by atoms with Crippen LogP contribution in [0.5, 0.6) is 11.5 Å². The summed E-state index contributed by atoms with van der Waals surface area (Å²) in [5.74, 6) is -0.181. The van der Waals surface area contributed by atoms with E-state index in [4.69, 9.17) is 20.9 Å². The van der Waals surface area contributed by atoms with Gasteiger partial charge in [-0.2, -0.15) is 4.98 Å². The van der Waals surface area contributed by atoms with Crippen molar-refractivity contribution in [2.45, 2.75) is 18.9 Å². The largest absolute Gasteiger partial charge is 0.493 e. The van der Waals surface area contributed by atoms with E-state index in [-0.39, 0.29) is 23.1 Å².